The van der Waals surface area contributed by atoms with Crippen molar-refractivity contribution in [2.75, 3.05) is 13.7 Å². The fourth-order valence-corrected chi connectivity index (χ4v) is 5.67. The number of carbonyl (C=O) groups excluding carboxylic acids is 1. The topological polar surface area (TPSA) is 72.5 Å². The minimum Gasteiger partial charge on any atom is -0.497 e. The molecule has 0 saturated heterocycles. The molecule has 1 atom stereocenters. The van der Waals surface area contributed by atoms with Crippen LogP contribution >= 0.6 is 11.3 Å². The Kier molecular flexibility index (Phi) is 6.16. The number of aryl methyl sites for hydroxylation is 1. The van der Waals surface area contributed by atoms with Crippen LogP contribution in [0.3, 0.4) is 0 Å². The second kappa shape index (κ2) is 8.58. The van der Waals surface area contributed by atoms with E-state index in [1.54, 1.807) is 53.9 Å². The molecule has 0 bridgehead atoms. The lowest BCUT2D eigenvalue weighted by molar-refractivity contribution is 0.0953. The number of rotatable bonds is 7. The predicted molar refractivity (Wildman–Crippen MR) is 111 cm³/mol. The van der Waals surface area contributed by atoms with Gasteiger partial charge in [0.2, 0.25) is 0 Å². The summed E-state index contributed by atoms with van der Waals surface area (Å²) in [5.41, 5.74) is 2.09. The molecule has 1 heterocycles. The summed E-state index contributed by atoms with van der Waals surface area (Å²) in [6.07, 6.45) is 0. The van der Waals surface area contributed by atoms with Crippen molar-refractivity contribution in [2.45, 2.75) is 16.4 Å². The number of hydrogen-bond acceptors (Lipinski definition) is 5. The number of sulfone groups is 1. The zero-order valence-corrected chi connectivity index (χ0v) is 17.2. The van der Waals surface area contributed by atoms with Crippen LogP contribution < -0.4 is 10.1 Å². The van der Waals surface area contributed by atoms with Crippen LogP contribution in [-0.2, 0) is 9.84 Å². The van der Waals surface area contributed by atoms with Crippen molar-refractivity contribution in [3.63, 3.8) is 0 Å². The van der Waals surface area contributed by atoms with Gasteiger partial charge in [-0.3, -0.25) is 4.79 Å². The number of thiophene rings is 1. The highest BCUT2D eigenvalue weighted by molar-refractivity contribution is 7.93. The minimum atomic E-state index is -3.64. The largest absolute Gasteiger partial charge is 0.497 e. The van der Waals surface area contributed by atoms with E-state index in [4.69, 9.17) is 4.74 Å². The molecule has 1 aromatic heterocycles. The lowest BCUT2D eigenvalue weighted by Crippen LogP contribution is -2.31. The van der Waals surface area contributed by atoms with Crippen molar-refractivity contribution < 1.29 is 17.9 Å². The van der Waals surface area contributed by atoms with Gasteiger partial charge in [0.05, 0.1) is 7.11 Å². The Morgan fingerprint density at radius 3 is 2.50 bits per heavy atom. The zero-order valence-electron chi connectivity index (χ0n) is 15.6. The van der Waals surface area contributed by atoms with Gasteiger partial charge in [-0.2, -0.15) is 0 Å². The molecule has 0 saturated carbocycles. The van der Waals surface area contributed by atoms with Gasteiger partial charge in [-0.05, 0) is 42.1 Å². The SMILES string of the molecule is COc1cccc(C(=O)NC[C@@H](c2ccc(C)cc2)S(=O)(=O)c2cccs2)c1. The second-order valence-electron chi connectivity index (χ2n) is 6.32. The smallest absolute Gasteiger partial charge is 0.251 e. The molecule has 2 aromatic carbocycles. The standard InChI is InChI=1S/C21H21NO4S2/c1-15-8-10-16(11-9-15)19(28(24,25)20-7-4-12-27-20)14-22-21(23)17-5-3-6-18(13-17)26-2/h3-13,19H,14H2,1-2H3,(H,22,23)/t19-/m0/s1. The maximum Gasteiger partial charge on any atom is 0.251 e. The number of amides is 1. The average Bonchev–Trinajstić information content (AvgIpc) is 3.25. The van der Waals surface area contributed by atoms with Crippen molar-refractivity contribution in [1.29, 1.82) is 0 Å². The van der Waals surface area contributed by atoms with Crippen LogP contribution in [-0.4, -0.2) is 28.0 Å². The molecule has 0 unspecified atom stereocenters. The molecule has 146 valence electrons. The minimum absolute atomic E-state index is 0.0284. The Balaban J connectivity index is 1.87. The van der Waals surface area contributed by atoms with E-state index in [9.17, 15) is 13.2 Å². The summed E-state index contributed by atoms with van der Waals surface area (Å²) < 4.78 is 31.8. The number of hydrogen-bond donors (Lipinski definition) is 1. The van der Waals surface area contributed by atoms with Crippen LogP contribution in [0.1, 0.15) is 26.7 Å². The lowest BCUT2D eigenvalue weighted by Gasteiger charge is -2.18. The Labute approximate surface area is 168 Å². The summed E-state index contributed by atoms with van der Waals surface area (Å²) in [5.74, 6) is 0.214. The second-order valence-corrected chi connectivity index (χ2v) is 9.62. The van der Waals surface area contributed by atoms with E-state index in [1.807, 2.05) is 19.1 Å². The van der Waals surface area contributed by atoms with Crippen molar-refractivity contribution in [2.24, 2.45) is 0 Å². The fourth-order valence-electron chi connectivity index (χ4n) is 2.81. The lowest BCUT2D eigenvalue weighted by atomic mass is 10.1. The first-order valence-corrected chi connectivity index (χ1v) is 11.1. The summed E-state index contributed by atoms with van der Waals surface area (Å²) in [6, 6.07) is 17.4. The van der Waals surface area contributed by atoms with E-state index < -0.39 is 15.1 Å². The quantitative estimate of drug-likeness (QED) is 0.633. The molecule has 3 aromatic rings. The molecule has 0 aliphatic heterocycles. The summed E-state index contributed by atoms with van der Waals surface area (Å²) in [4.78, 5) is 12.6. The molecule has 1 N–H and O–H groups in total. The maximum absolute atomic E-state index is 13.2. The van der Waals surface area contributed by atoms with Gasteiger partial charge in [0.25, 0.3) is 5.91 Å². The normalized spacial score (nSPS) is 12.4. The van der Waals surface area contributed by atoms with Crippen LogP contribution in [0.25, 0.3) is 0 Å². The molecule has 1 amide bonds. The van der Waals surface area contributed by atoms with Gasteiger partial charge in [-0.15, -0.1) is 11.3 Å². The molecule has 0 fully saturated rings. The molecule has 0 radical (unpaired) electrons. The molecule has 7 heteroatoms. The number of methoxy groups -OCH3 is 1. The number of nitrogens with one attached hydrogen (secondary N) is 1. The van der Waals surface area contributed by atoms with Gasteiger partial charge in [0, 0.05) is 12.1 Å². The maximum atomic E-state index is 13.2. The van der Waals surface area contributed by atoms with Crippen molar-refractivity contribution in [1.82, 2.24) is 5.32 Å². The first kappa shape index (κ1) is 20.1. The molecule has 0 aliphatic carbocycles. The zero-order chi connectivity index (χ0) is 20.1. The van der Waals surface area contributed by atoms with E-state index >= 15 is 0 Å². The third-order valence-corrected chi connectivity index (χ3v) is 7.91. The van der Waals surface area contributed by atoms with Crippen molar-refractivity contribution in [3.8, 4) is 5.75 Å². The van der Waals surface area contributed by atoms with Crippen LogP contribution in [0.4, 0.5) is 0 Å². The molecular formula is C21H21NO4S2. The van der Waals surface area contributed by atoms with E-state index in [1.165, 1.54) is 18.4 Å². The molecule has 5 nitrogen and oxygen atoms in total. The summed E-state index contributed by atoms with van der Waals surface area (Å²) in [5, 5.41) is 3.62. The van der Waals surface area contributed by atoms with Gasteiger partial charge >= 0.3 is 0 Å². The van der Waals surface area contributed by atoms with Gasteiger partial charge in [0.1, 0.15) is 15.2 Å². The van der Waals surface area contributed by atoms with Crippen LogP contribution in [0, 0.1) is 6.92 Å². The Bertz CT molecular complexity index is 1040. The van der Waals surface area contributed by atoms with Crippen molar-refractivity contribution in [3.05, 3.63) is 82.7 Å². The predicted octanol–water partition coefficient (Wildman–Crippen LogP) is 4.01. The summed E-state index contributed by atoms with van der Waals surface area (Å²) in [6.45, 7) is 1.91. The molecule has 28 heavy (non-hydrogen) atoms. The Morgan fingerprint density at radius 2 is 1.86 bits per heavy atom. The van der Waals surface area contributed by atoms with E-state index in [2.05, 4.69) is 5.32 Å². The Morgan fingerprint density at radius 1 is 1.11 bits per heavy atom. The van der Waals surface area contributed by atoms with Crippen LogP contribution in [0.5, 0.6) is 5.75 Å². The first-order chi connectivity index (χ1) is 13.4. The van der Waals surface area contributed by atoms with Crippen LogP contribution in [0.2, 0.25) is 0 Å². The van der Waals surface area contributed by atoms with Crippen molar-refractivity contribution >= 4 is 27.1 Å². The third kappa shape index (κ3) is 4.43. The van der Waals surface area contributed by atoms with E-state index in [0.29, 0.717) is 16.9 Å². The highest BCUT2D eigenvalue weighted by Crippen LogP contribution is 2.31. The number of carbonyl (C=O) groups is 1. The third-order valence-electron chi connectivity index (χ3n) is 4.38. The van der Waals surface area contributed by atoms with Gasteiger partial charge < -0.3 is 10.1 Å². The average molecular weight is 416 g/mol. The van der Waals surface area contributed by atoms with Gasteiger partial charge in [-0.25, -0.2) is 8.42 Å². The monoisotopic (exact) mass is 415 g/mol. The number of benzene rings is 2. The molecule has 0 aliphatic rings. The molecule has 3 rings (SSSR count). The van der Waals surface area contributed by atoms with Gasteiger partial charge in [0.15, 0.2) is 9.84 Å². The van der Waals surface area contributed by atoms with E-state index in [-0.39, 0.29) is 16.7 Å². The van der Waals surface area contributed by atoms with Crippen LogP contribution in [0.15, 0.2) is 70.3 Å². The molecular weight excluding hydrogens is 394 g/mol. The highest BCUT2D eigenvalue weighted by atomic mass is 32.2. The summed E-state index contributed by atoms with van der Waals surface area (Å²) in [7, 11) is -2.11. The highest BCUT2D eigenvalue weighted by Gasteiger charge is 2.30. The van der Waals surface area contributed by atoms with E-state index in [0.717, 1.165) is 5.56 Å². The molecule has 0 spiro atoms. The fraction of sp³-hybridized carbons (Fsp3) is 0.190. The Hall–Kier alpha value is -2.64. The van der Waals surface area contributed by atoms with Gasteiger partial charge in [-0.1, -0.05) is 42.0 Å². The first-order valence-electron chi connectivity index (χ1n) is 8.68. The summed E-state index contributed by atoms with van der Waals surface area (Å²) >= 11 is 1.17. The number of ether oxygens (including phenoxy) is 1.